The highest BCUT2D eigenvalue weighted by Crippen LogP contribution is 2.66. The van der Waals surface area contributed by atoms with Crippen molar-refractivity contribution in [3.05, 3.63) is 58.7 Å². The highest BCUT2D eigenvalue weighted by Gasteiger charge is 2.67. The van der Waals surface area contributed by atoms with Crippen LogP contribution in [0.2, 0.25) is 0 Å². The molecule has 1 spiro atoms. The maximum absolute atomic E-state index is 13.7. The van der Waals surface area contributed by atoms with Crippen molar-refractivity contribution < 1.29 is 33.3 Å². The minimum Gasteiger partial charge on any atom is -0.493 e. The molecule has 2 atom stereocenters. The van der Waals surface area contributed by atoms with Crippen LogP contribution in [0, 0.1) is 5.92 Å². The van der Waals surface area contributed by atoms with E-state index in [1.165, 1.54) is 40.7 Å². The third-order valence-electron chi connectivity index (χ3n) is 7.44. The van der Waals surface area contributed by atoms with Gasteiger partial charge in [-0.15, -0.1) is 0 Å². The van der Waals surface area contributed by atoms with Crippen LogP contribution in [0.4, 0.5) is 0 Å². The fourth-order valence-corrected chi connectivity index (χ4v) is 5.72. The van der Waals surface area contributed by atoms with E-state index in [0.29, 0.717) is 52.0 Å². The Morgan fingerprint density at radius 2 is 1.86 bits per heavy atom. The number of amides is 1. The van der Waals surface area contributed by atoms with Gasteiger partial charge in [0.25, 0.3) is 5.91 Å². The number of aromatic nitrogens is 2. The van der Waals surface area contributed by atoms with Crippen molar-refractivity contribution >= 4 is 28.6 Å². The summed E-state index contributed by atoms with van der Waals surface area (Å²) in [5, 5.41) is 0.720. The lowest BCUT2D eigenvalue weighted by Crippen LogP contribution is -2.34. The first-order chi connectivity index (χ1) is 17.4. The van der Waals surface area contributed by atoms with Gasteiger partial charge in [-0.1, -0.05) is 0 Å². The van der Waals surface area contributed by atoms with E-state index in [1.54, 1.807) is 23.1 Å². The number of hydrogen-bond donors (Lipinski definition) is 1. The van der Waals surface area contributed by atoms with Gasteiger partial charge in [-0.05, 0) is 36.1 Å². The van der Waals surface area contributed by atoms with Gasteiger partial charge in [0, 0.05) is 35.3 Å². The number of nitrogens with zero attached hydrogens (tertiary/aromatic N) is 2. The van der Waals surface area contributed by atoms with Gasteiger partial charge in [0.15, 0.2) is 11.5 Å². The number of allylic oxidation sites excluding steroid dienone is 2. The summed E-state index contributed by atoms with van der Waals surface area (Å²) < 4.78 is 21.3. The Hall–Kier alpha value is -4.34. The maximum Gasteiger partial charge on any atom is 0.339 e. The number of methoxy groups -OCH3 is 4. The molecule has 1 N–H and O–H groups in total. The number of benzene rings is 1. The van der Waals surface area contributed by atoms with Crippen molar-refractivity contribution in [3.8, 4) is 17.2 Å². The van der Waals surface area contributed by atoms with Crippen LogP contribution in [-0.4, -0.2) is 67.5 Å². The fourth-order valence-electron chi connectivity index (χ4n) is 5.72. The second-order valence-corrected chi connectivity index (χ2v) is 9.09. The quantitative estimate of drug-likeness (QED) is 0.544. The van der Waals surface area contributed by atoms with Crippen molar-refractivity contribution in [1.82, 2.24) is 14.9 Å². The summed E-state index contributed by atoms with van der Waals surface area (Å²) in [6, 6.07) is 5.18. The fraction of sp³-hybridized carbons (Fsp3) is 0.308. The SMILES string of the molecule is COC(=O)c1cnc2c(c1)[C@@]13C[C@@H]1CN(C(=O)c1cc4cc(OC)c(OC)c(OC)c4[nH]1)C3=CC2=O. The van der Waals surface area contributed by atoms with Gasteiger partial charge in [-0.25, -0.2) is 4.79 Å². The molecule has 184 valence electrons. The summed E-state index contributed by atoms with van der Waals surface area (Å²) in [5.41, 5.74) is 2.35. The molecule has 1 aliphatic heterocycles. The minimum atomic E-state index is -0.522. The number of aromatic amines is 1. The van der Waals surface area contributed by atoms with E-state index < -0.39 is 11.4 Å². The second kappa shape index (κ2) is 7.58. The number of H-pyrrole nitrogens is 1. The predicted molar refractivity (Wildman–Crippen MR) is 127 cm³/mol. The number of rotatable bonds is 5. The van der Waals surface area contributed by atoms with Crippen LogP contribution in [0.25, 0.3) is 10.9 Å². The van der Waals surface area contributed by atoms with Gasteiger partial charge >= 0.3 is 5.97 Å². The van der Waals surface area contributed by atoms with E-state index >= 15 is 0 Å². The summed E-state index contributed by atoms with van der Waals surface area (Å²) in [6.07, 6.45) is 3.64. The Balaban J connectivity index is 1.41. The molecule has 3 aromatic rings. The van der Waals surface area contributed by atoms with Crippen LogP contribution in [0.5, 0.6) is 17.2 Å². The maximum atomic E-state index is 13.7. The average Bonchev–Trinajstić information content (AvgIpc) is 3.29. The second-order valence-electron chi connectivity index (χ2n) is 9.09. The van der Waals surface area contributed by atoms with E-state index in [9.17, 15) is 14.4 Å². The molecule has 0 radical (unpaired) electrons. The molecule has 3 heterocycles. The molecule has 2 fully saturated rings. The third-order valence-corrected chi connectivity index (χ3v) is 7.44. The number of likely N-dealkylation sites (tertiary alicyclic amines) is 1. The summed E-state index contributed by atoms with van der Waals surface area (Å²) in [4.78, 5) is 47.9. The number of esters is 1. The number of ether oxygens (including phenoxy) is 4. The summed E-state index contributed by atoms with van der Waals surface area (Å²) in [7, 11) is 5.86. The van der Waals surface area contributed by atoms with Crippen molar-refractivity contribution in [1.29, 1.82) is 0 Å². The van der Waals surface area contributed by atoms with Crippen LogP contribution >= 0.6 is 0 Å². The van der Waals surface area contributed by atoms with Gasteiger partial charge in [-0.2, -0.15) is 0 Å². The van der Waals surface area contributed by atoms with Crippen LogP contribution < -0.4 is 14.2 Å². The van der Waals surface area contributed by atoms with Crippen LogP contribution in [0.15, 0.2) is 36.2 Å². The van der Waals surface area contributed by atoms with Gasteiger partial charge < -0.3 is 28.8 Å². The Morgan fingerprint density at radius 1 is 1.08 bits per heavy atom. The number of carbonyl (C=O) groups is 3. The molecule has 3 aliphatic rings. The zero-order valence-corrected chi connectivity index (χ0v) is 20.1. The number of ketones is 1. The molecule has 2 aliphatic carbocycles. The number of piperidine rings is 1. The first-order valence-electron chi connectivity index (χ1n) is 11.4. The summed E-state index contributed by atoms with van der Waals surface area (Å²) >= 11 is 0. The molecule has 1 aromatic carbocycles. The number of carbonyl (C=O) groups excluding carboxylic acids is 3. The van der Waals surface area contributed by atoms with Crippen molar-refractivity contribution in [2.45, 2.75) is 11.8 Å². The lowest BCUT2D eigenvalue weighted by Gasteiger charge is -2.28. The number of nitrogens with one attached hydrogen (secondary N) is 1. The molecule has 6 rings (SSSR count). The lowest BCUT2D eigenvalue weighted by molar-refractivity contribution is 0.0599. The monoisotopic (exact) mass is 489 g/mol. The van der Waals surface area contributed by atoms with Gasteiger partial charge in [0.2, 0.25) is 11.5 Å². The first kappa shape index (κ1) is 22.1. The molecule has 0 bridgehead atoms. The predicted octanol–water partition coefficient (Wildman–Crippen LogP) is 2.87. The summed E-state index contributed by atoms with van der Waals surface area (Å²) in [6.45, 7) is 0.457. The summed E-state index contributed by atoms with van der Waals surface area (Å²) in [5.74, 6) is 0.374. The van der Waals surface area contributed by atoms with E-state index in [-0.39, 0.29) is 23.2 Å². The minimum absolute atomic E-state index is 0.133. The molecular weight excluding hydrogens is 466 g/mol. The van der Waals surface area contributed by atoms with Crippen LogP contribution in [0.3, 0.4) is 0 Å². The van der Waals surface area contributed by atoms with Gasteiger partial charge in [0.1, 0.15) is 11.4 Å². The van der Waals surface area contributed by atoms with E-state index in [2.05, 4.69) is 9.97 Å². The number of fused-ring (bicyclic) bond motifs is 2. The molecule has 1 saturated carbocycles. The molecule has 1 amide bonds. The van der Waals surface area contributed by atoms with Crippen molar-refractivity contribution in [2.24, 2.45) is 5.92 Å². The van der Waals surface area contributed by atoms with Gasteiger partial charge in [-0.3, -0.25) is 14.6 Å². The molecule has 0 unspecified atom stereocenters. The zero-order chi connectivity index (χ0) is 25.4. The highest BCUT2D eigenvalue weighted by molar-refractivity contribution is 6.09. The Labute approximate surface area is 205 Å². The van der Waals surface area contributed by atoms with E-state index in [1.807, 2.05) is 0 Å². The standard InChI is InChI=1S/C26H23N3O7/c1-33-18-7-12-6-16(28-20(12)23(35-3)22(18)34-2)24(31)29-11-14-9-26(14)15-5-13(25(32)36-4)10-27-21(15)17(30)8-19(26)29/h5-8,10,14,28H,9,11H2,1-4H3/t14-,26-/m1/s1. The third kappa shape index (κ3) is 2.78. The van der Waals surface area contributed by atoms with Crippen molar-refractivity contribution in [2.75, 3.05) is 35.0 Å². The first-order valence-corrected chi connectivity index (χ1v) is 11.4. The molecule has 10 heteroatoms. The normalized spacial score (nSPS) is 21.3. The largest absolute Gasteiger partial charge is 0.493 e. The van der Waals surface area contributed by atoms with E-state index in [4.69, 9.17) is 18.9 Å². The zero-order valence-electron chi connectivity index (χ0n) is 20.1. The lowest BCUT2D eigenvalue weighted by atomic mass is 9.83. The topological polar surface area (TPSA) is 120 Å². The molecule has 1 saturated heterocycles. The Morgan fingerprint density at radius 3 is 2.56 bits per heavy atom. The van der Waals surface area contributed by atoms with Gasteiger partial charge in [0.05, 0.1) is 39.5 Å². The van der Waals surface area contributed by atoms with E-state index in [0.717, 1.165) is 11.8 Å². The van der Waals surface area contributed by atoms with Crippen LogP contribution in [0.1, 0.15) is 43.3 Å². The average molecular weight is 489 g/mol. The molecule has 2 aromatic heterocycles. The molecule has 36 heavy (non-hydrogen) atoms. The Kier molecular flexibility index (Phi) is 4.66. The Bertz CT molecular complexity index is 1520. The molecule has 10 nitrogen and oxygen atoms in total. The smallest absolute Gasteiger partial charge is 0.339 e. The van der Waals surface area contributed by atoms with Crippen LogP contribution in [-0.2, 0) is 10.2 Å². The highest BCUT2D eigenvalue weighted by atomic mass is 16.5. The van der Waals surface area contributed by atoms with Crippen molar-refractivity contribution in [3.63, 3.8) is 0 Å². The number of pyridine rings is 1. The number of hydrogen-bond acceptors (Lipinski definition) is 8. The molecular formula is C26H23N3O7.